The van der Waals surface area contributed by atoms with Gasteiger partial charge < -0.3 is 10.1 Å². The van der Waals surface area contributed by atoms with Crippen molar-refractivity contribution in [3.05, 3.63) is 21.6 Å². The Morgan fingerprint density at radius 2 is 2.35 bits per heavy atom. The number of anilines is 1. The predicted octanol–water partition coefficient (Wildman–Crippen LogP) is 1.51. The van der Waals surface area contributed by atoms with Gasteiger partial charge >= 0.3 is 0 Å². The van der Waals surface area contributed by atoms with Crippen LogP contribution < -0.4 is 10.9 Å². The van der Waals surface area contributed by atoms with Crippen molar-refractivity contribution in [3.63, 3.8) is 0 Å². The van der Waals surface area contributed by atoms with Crippen LogP contribution in [0.3, 0.4) is 0 Å². The van der Waals surface area contributed by atoms with Gasteiger partial charge in [-0.3, -0.25) is 4.79 Å². The lowest BCUT2D eigenvalue weighted by molar-refractivity contribution is 0.0328. The summed E-state index contributed by atoms with van der Waals surface area (Å²) in [6.45, 7) is 2.38. The molecule has 1 aromatic rings. The van der Waals surface area contributed by atoms with Crippen LogP contribution in [0.1, 0.15) is 19.8 Å². The largest absolute Gasteiger partial charge is 0.381 e. The second-order valence-electron chi connectivity index (χ2n) is 4.16. The fourth-order valence-corrected chi connectivity index (χ4v) is 2.09. The van der Waals surface area contributed by atoms with Gasteiger partial charge in [0.2, 0.25) is 0 Å². The van der Waals surface area contributed by atoms with E-state index < -0.39 is 0 Å². The molecular weight excluding hydrogens is 242 g/mol. The summed E-state index contributed by atoms with van der Waals surface area (Å²) >= 11 is 6.01. The fraction of sp³-hybridized carbons (Fsp3) is 0.636. The van der Waals surface area contributed by atoms with Gasteiger partial charge in [0.15, 0.2) is 0 Å². The minimum Gasteiger partial charge on any atom is -0.381 e. The Kier molecular flexibility index (Phi) is 3.69. The zero-order valence-electron chi connectivity index (χ0n) is 9.94. The van der Waals surface area contributed by atoms with Crippen molar-refractivity contribution in [2.75, 3.05) is 12.4 Å². The molecule has 94 valence electrons. The first-order valence-corrected chi connectivity index (χ1v) is 6.08. The third-order valence-corrected chi connectivity index (χ3v) is 3.44. The first kappa shape index (κ1) is 12.4. The van der Waals surface area contributed by atoms with Crippen LogP contribution in [-0.4, -0.2) is 29.0 Å². The van der Waals surface area contributed by atoms with Crippen molar-refractivity contribution in [3.8, 4) is 0 Å². The van der Waals surface area contributed by atoms with E-state index in [1.54, 1.807) is 13.3 Å². The molecule has 1 aliphatic rings. The maximum absolute atomic E-state index is 11.7. The molecule has 0 aromatic carbocycles. The molecule has 1 aromatic heterocycles. The Balaban J connectivity index is 2.08. The summed E-state index contributed by atoms with van der Waals surface area (Å²) in [6, 6.07) is 0.316. The maximum atomic E-state index is 11.7. The highest BCUT2D eigenvalue weighted by Gasteiger charge is 2.29. The smallest absolute Gasteiger partial charge is 0.287 e. The summed E-state index contributed by atoms with van der Waals surface area (Å²) in [5.74, 6) is 0. The molecule has 0 unspecified atom stereocenters. The predicted molar refractivity (Wildman–Crippen MR) is 66.6 cm³/mol. The molecule has 0 aliphatic heterocycles. The lowest BCUT2D eigenvalue weighted by Crippen LogP contribution is -2.40. The molecule has 1 heterocycles. The minimum atomic E-state index is -0.248. The van der Waals surface area contributed by atoms with Crippen LogP contribution in [0.2, 0.25) is 5.02 Å². The Morgan fingerprint density at radius 1 is 1.65 bits per heavy atom. The van der Waals surface area contributed by atoms with Crippen LogP contribution in [-0.2, 0) is 11.3 Å². The number of aromatic nitrogens is 2. The van der Waals surface area contributed by atoms with Crippen molar-refractivity contribution in [2.24, 2.45) is 0 Å². The molecule has 0 radical (unpaired) electrons. The summed E-state index contributed by atoms with van der Waals surface area (Å²) in [6.07, 6.45) is 3.79. The average Bonchev–Trinajstić information content (AvgIpc) is 2.28. The van der Waals surface area contributed by atoms with Gasteiger partial charge in [0.1, 0.15) is 5.02 Å². The van der Waals surface area contributed by atoms with Crippen molar-refractivity contribution in [1.82, 2.24) is 9.78 Å². The zero-order valence-corrected chi connectivity index (χ0v) is 10.7. The van der Waals surface area contributed by atoms with Crippen molar-refractivity contribution in [1.29, 1.82) is 0 Å². The van der Waals surface area contributed by atoms with Gasteiger partial charge in [-0.2, -0.15) is 5.10 Å². The van der Waals surface area contributed by atoms with E-state index >= 15 is 0 Å². The quantitative estimate of drug-likeness (QED) is 0.888. The number of ether oxygens (including phenoxy) is 1. The van der Waals surface area contributed by atoms with Gasteiger partial charge in [0, 0.05) is 19.7 Å². The van der Waals surface area contributed by atoms with E-state index in [2.05, 4.69) is 10.4 Å². The molecule has 17 heavy (non-hydrogen) atoms. The van der Waals surface area contributed by atoms with Gasteiger partial charge in [0.05, 0.1) is 18.0 Å². The standard InChI is InChI=1S/C11H16ClN3O2/c1-3-15-11(16)10(12)9(6-13-15)14-7-4-8(5-7)17-2/h6-8,14H,3-5H2,1-2H3. The van der Waals surface area contributed by atoms with Crippen LogP contribution in [0.15, 0.2) is 11.0 Å². The molecule has 5 nitrogen and oxygen atoms in total. The highest BCUT2D eigenvalue weighted by atomic mass is 35.5. The number of hydrogen-bond acceptors (Lipinski definition) is 4. The molecule has 0 spiro atoms. The number of nitrogens with zero attached hydrogens (tertiary/aromatic N) is 2. The molecular formula is C11H16ClN3O2. The minimum absolute atomic E-state index is 0.211. The molecule has 1 saturated carbocycles. The summed E-state index contributed by atoms with van der Waals surface area (Å²) in [5.41, 5.74) is 0.364. The Bertz CT molecular complexity index is 455. The van der Waals surface area contributed by atoms with E-state index in [4.69, 9.17) is 16.3 Å². The molecule has 0 bridgehead atoms. The van der Waals surface area contributed by atoms with Gasteiger partial charge in [0.25, 0.3) is 5.56 Å². The van der Waals surface area contributed by atoms with E-state index in [1.165, 1.54) is 4.68 Å². The molecule has 0 amide bonds. The molecule has 0 atom stereocenters. The molecule has 1 fully saturated rings. The van der Waals surface area contributed by atoms with Crippen LogP contribution >= 0.6 is 11.6 Å². The average molecular weight is 258 g/mol. The summed E-state index contributed by atoms with van der Waals surface area (Å²) in [5, 5.41) is 7.46. The van der Waals surface area contributed by atoms with E-state index in [9.17, 15) is 4.79 Å². The number of aryl methyl sites for hydroxylation is 1. The van der Waals surface area contributed by atoms with E-state index in [-0.39, 0.29) is 10.6 Å². The third kappa shape index (κ3) is 2.45. The Morgan fingerprint density at radius 3 is 2.94 bits per heavy atom. The number of halogens is 1. The molecule has 2 rings (SSSR count). The van der Waals surface area contributed by atoms with E-state index in [0.29, 0.717) is 24.4 Å². The van der Waals surface area contributed by atoms with Crippen LogP contribution in [0, 0.1) is 0 Å². The first-order chi connectivity index (χ1) is 8.15. The SMILES string of the molecule is CCn1ncc(NC2CC(OC)C2)c(Cl)c1=O. The topological polar surface area (TPSA) is 56.1 Å². The lowest BCUT2D eigenvalue weighted by Gasteiger charge is -2.35. The van der Waals surface area contributed by atoms with Crippen LogP contribution in [0.25, 0.3) is 0 Å². The highest BCUT2D eigenvalue weighted by Crippen LogP contribution is 2.27. The lowest BCUT2D eigenvalue weighted by atomic mass is 9.89. The molecule has 6 heteroatoms. The Labute approximate surface area is 105 Å². The van der Waals surface area contributed by atoms with Gasteiger partial charge in [-0.15, -0.1) is 0 Å². The third-order valence-electron chi connectivity index (χ3n) is 3.07. The van der Waals surface area contributed by atoms with Gasteiger partial charge in [-0.1, -0.05) is 11.6 Å². The summed E-state index contributed by atoms with van der Waals surface area (Å²) in [4.78, 5) is 11.7. The number of rotatable bonds is 4. The van der Waals surface area contributed by atoms with Gasteiger partial charge in [-0.05, 0) is 19.8 Å². The maximum Gasteiger partial charge on any atom is 0.287 e. The monoisotopic (exact) mass is 257 g/mol. The highest BCUT2D eigenvalue weighted by molar-refractivity contribution is 6.32. The number of hydrogen-bond donors (Lipinski definition) is 1. The second kappa shape index (κ2) is 5.06. The Hall–Kier alpha value is -1.07. The zero-order chi connectivity index (χ0) is 12.4. The van der Waals surface area contributed by atoms with Gasteiger partial charge in [-0.25, -0.2) is 4.68 Å². The first-order valence-electron chi connectivity index (χ1n) is 5.70. The van der Waals surface area contributed by atoms with Crippen LogP contribution in [0.5, 0.6) is 0 Å². The number of methoxy groups -OCH3 is 1. The second-order valence-corrected chi connectivity index (χ2v) is 4.54. The van der Waals surface area contributed by atoms with E-state index in [1.807, 2.05) is 6.92 Å². The number of nitrogens with one attached hydrogen (secondary N) is 1. The molecule has 1 N–H and O–H groups in total. The summed E-state index contributed by atoms with van der Waals surface area (Å²) < 4.78 is 6.53. The molecule has 1 aliphatic carbocycles. The van der Waals surface area contributed by atoms with Crippen molar-refractivity contribution >= 4 is 17.3 Å². The normalized spacial score (nSPS) is 23.2. The molecule has 0 saturated heterocycles. The van der Waals surface area contributed by atoms with E-state index in [0.717, 1.165) is 12.8 Å². The van der Waals surface area contributed by atoms with Crippen LogP contribution in [0.4, 0.5) is 5.69 Å². The van der Waals surface area contributed by atoms with Crippen molar-refractivity contribution in [2.45, 2.75) is 38.5 Å². The van der Waals surface area contributed by atoms with Crippen molar-refractivity contribution < 1.29 is 4.74 Å². The summed E-state index contributed by atoms with van der Waals surface area (Å²) in [7, 11) is 1.71. The fourth-order valence-electron chi connectivity index (χ4n) is 1.89.